The van der Waals surface area contributed by atoms with Gasteiger partial charge in [0, 0.05) is 36.0 Å². The van der Waals surface area contributed by atoms with Crippen LogP contribution in [0.5, 0.6) is 0 Å². The highest BCUT2D eigenvalue weighted by Gasteiger charge is 2.26. The van der Waals surface area contributed by atoms with Gasteiger partial charge in [-0.3, -0.25) is 14.9 Å². The lowest BCUT2D eigenvalue weighted by atomic mass is 9.91. The number of hydrogen-bond donors (Lipinski definition) is 2. The summed E-state index contributed by atoms with van der Waals surface area (Å²) in [4.78, 5) is 21.2. The minimum Gasteiger partial charge on any atom is -0.296 e. The molecule has 3 aromatic heterocycles. The van der Waals surface area contributed by atoms with Crippen molar-refractivity contribution in [1.82, 2.24) is 19.7 Å². The van der Waals surface area contributed by atoms with Crippen molar-refractivity contribution in [2.75, 3.05) is 0 Å². The number of nitrogens with zero attached hydrogens (tertiary/aromatic N) is 3. The lowest BCUT2D eigenvalue weighted by molar-refractivity contribution is 0.540. The molecule has 0 bridgehead atoms. The van der Waals surface area contributed by atoms with Crippen molar-refractivity contribution in [1.29, 1.82) is 0 Å². The van der Waals surface area contributed by atoms with Crippen LogP contribution in [0.25, 0.3) is 5.82 Å². The van der Waals surface area contributed by atoms with Gasteiger partial charge < -0.3 is 0 Å². The van der Waals surface area contributed by atoms with Crippen molar-refractivity contribution in [3.05, 3.63) is 70.0 Å². The first-order chi connectivity index (χ1) is 12.6. The Morgan fingerprint density at radius 2 is 1.96 bits per heavy atom. The SMILES string of the molecule is CC(C)(C)c1nc(-n2[nH]cc(Cc3cccnc3)c2=O)ccc1S(N)(=O)=O. The van der Waals surface area contributed by atoms with E-state index in [0.717, 1.165) is 5.56 Å². The van der Waals surface area contributed by atoms with Gasteiger partial charge in [0.15, 0.2) is 5.82 Å². The molecule has 0 spiro atoms. The van der Waals surface area contributed by atoms with Gasteiger partial charge in [0.1, 0.15) is 4.90 Å². The Kier molecular flexibility index (Phi) is 4.75. The number of nitrogens with one attached hydrogen (secondary N) is 1. The highest BCUT2D eigenvalue weighted by molar-refractivity contribution is 7.89. The highest BCUT2D eigenvalue weighted by Crippen LogP contribution is 2.27. The van der Waals surface area contributed by atoms with Gasteiger partial charge >= 0.3 is 0 Å². The van der Waals surface area contributed by atoms with E-state index < -0.39 is 15.4 Å². The molecule has 0 aromatic carbocycles. The summed E-state index contributed by atoms with van der Waals surface area (Å²) in [5.74, 6) is 0.301. The molecule has 3 rings (SSSR count). The fourth-order valence-corrected chi connectivity index (χ4v) is 3.63. The summed E-state index contributed by atoms with van der Waals surface area (Å²) >= 11 is 0. The molecule has 142 valence electrons. The van der Waals surface area contributed by atoms with Crippen molar-refractivity contribution >= 4 is 10.0 Å². The Hall–Kier alpha value is -2.78. The first-order valence-electron chi connectivity index (χ1n) is 8.30. The minimum atomic E-state index is -3.93. The van der Waals surface area contributed by atoms with Crippen LogP contribution in [0.15, 0.2) is 52.5 Å². The van der Waals surface area contributed by atoms with Gasteiger partial charge in [0.25, 0.3) is 5.56 Å². The first kappa shape index (κ1) is 19.0. The molecule has 0 aliphatic rings. The van der Waals surface area contributed by atoms with Crippen molar-refractivity contribution < 1.29 is 8.42 Å². The molecule has 0 saturated heterocycles. The summed E-state index contributed by atoms with van der Waals surface area (Å²) in [5.41, 5.74) is 0.936. The summed E-state index contributed by atoms with van der Waals surface area (Å²) in [6.07, 6.45) is 5.41. The van der Waals surface area contributed by atoms with Crippen LogP contribution in [0.4, 0.5) is 0 Å². The monoisotopic (exact) mass is 387 g/mol. The van der Waals surface area contributed by atoms with Crippen LogP contribution >= 0.6 is 0 Å². The second kappa shape index (κ2) is 6.75. The molecular weight excluding hydrogens is 366 g/mol. The lowest BCUT2D eigenvalue weighted by Crippen LogP contribution is -2.25. The van der Waals surface area contributed by atoms with Crippen molar-refractivity contribution in [2.24, 2.45) is 5.14 Å². The standard InChI is InChI=1S/C18H21N5O3S/c1-18(2,3)16-14(27(19,25)26)6-7-15(22-16)23-17(24)13(11-21-23)9-12-5-4-8-20-10-12/h4-8,10-11,21H,9H2,1-3H3,(H2,19,25,26). The minimum absolute atomic E-state index is 0.0473. The largest absolute Gasteiger partial charge is 0.296 e. The van der Waals surface area contributed by atoms with Gasteiger partial charge in [0.2, 0.25) is 10.0 Å². The third-order valence-corrected chi connectivity index (χ3v) is 5.00. The number of pyridine rings is 2. The van der Waals surface area contributed by atoms with Crippen LogP contribution in [0.3, 0.4) is 0 Å². The smallest absolute Gasteiger partial charge is 0.276 e. The van der Waals surface area contributed by atoms with E-state index in [1.807, 2.05) is 32.9 Å². The Bertz CT molecular complexity index is 1130. The Morgan fingerprint density at radius 1 is 1.22 bits per heavy atom. The molecule has 0 aliphatic heterocycles. The summed E-state index contributed by atoms with van der Waals surface area (Å²) in [6, 6.07) is 6.54. The van der Waals surface area contributed by atoms with E-state index in [4.69, 9.17) is 5.14 Å². The molecule has 3 N–H and O–H groups in total. The van der Waals surface area contributed by atoms with Crippen molar-refractivity contribution in [3.8, 4) is 5.82 Å². The number of hydrogen-bond acceptors (Lipinski definition) is 5. The maximum absolute atomic E-state index is 12.7. The fourth-order valence-electron chi connectivity index (χ4n) is 2.75. The van der Waals surface area contributed by atoms with Gasteiger partial charge in [-0.05, 0) is 23.8 Å². The van der Waals surface area contributed by atoms with E-state index in [0.29, 0.717) is 23.5 Å². The van der Waals surface area contributed by atoms with Gasteiger partial charge in [-0.1, -0.05) is 26.8 Å². The summed E-state index contributed by atoms with van der Waals surface area (Å²) in [6.45, 7) is 5.50. The number of primary sulfonamides is 1. The zero-order valence-corrected chi connectivity index (χ0v) is 16.1. The Morgan fingerprint density at radius 3 is 2.56 bits per heavy atom. The third kappa shape index (κ3) is 3.99. The van der Waals surface area contributed by atoms with Crippen LogP contribution in [0.2, 0.25) is 0 Å². The van der Waals surface area contributed by atoms with E-state index in [9.17, 15) is 13.2 Å². The van der Waals surface area contributed by atoms with E-state index in [-0.39, 0.29) is 10.5 Å². The predicted molar refractivity (Wildman–Crippen MR) is 101 cm³/mol. The van der Waals surface area contributed by atoms with Crippen LogP contribution in [0.1, 0.15) is 37.6 Å². The van der Waals surface area contributed by atoms with Gasteiger partial charge in [0.05, 0.1) is 5.69 Å². The average Bonchev–Trinajstić information content (AvgIpc) is 2.94. The lowest BCUT2D eigenvalue weighted by Gasteiger charge is -2.21. The predicted octanol–water partition coefficient (Wildman–Crippen LogP) is 1.49. The molecule has 0 aliphatic carbocycles. The van der Waals surface area contributed by atoms with Gasteiger partial charge in [-0.2, -0.15) is 0 Å². The highest BCUT2D eigenvalue weighted by atomic mass is 32.2. The van der Waals surface area contributed by atoms with Crippen LogP contribution < -0.4 is 10.7 Å². The maximum atomic E-state index is 12.7. The molecule has 0 amide bonds. The van der Waals surface area contributed by atoms with Crippen LogP contribution in [-0.2, 0) is 21.9 Å². The second-order valence-corrected chi connectivity index (χ2v) is 8.82. The topological polar surface area (TPSA) is 124 Å². The molecule has 3 heterocycles. The molecule has 27 heavy (non-hydrogen) atoms. The van der Waals surface area contributed by atoms with E-state index in [1.165, 1.54) is 16.8 Å². The van der Waals surface area contributed by atoms with Crippen LogP contribution in [-0.4, -0.2) is 28.2 Å². The first-order valence-corrected chi connectivity index (χ1v) is 9.85. The molecule has 0 fully saturated rings. The second-order valence-electron chi connectivity index (χ2n) is 7.29. The molecule has 0 saturated carbocycles. The quantitative estimate of drug-likeness (QED) is 0.702. The number of aromatic nitrogens is 4. The average molecular weight is 387 g/mol. The summed E-state index contributed by atoms with van der Waals surface area (Å²) in [5, 5.41) is 8.20. The van der Waals surface area contributed by atoms with Gasteiger partial charge in [-0.15, -0.1) is 0 Å². The van der Waals surface area contributed by atoms with Gasteiger partial charge in [-0.25, -0.2) is 23.2 Å². The maximum Gasteiger partial charge on any atom is 0.276 e. The van der Waals surface area contributed by atoms with Crippen molar-refractivity contribution in [3.63, 3.8) is 0 Å². The zero-order valence-electron chi connectivity index (χ0n) is 15.3. The summed E-state index contributed by atoms with van der Waals surface area (Å²) < 4.78 is 25.0. The van der Waals surface area contributed by atoms with E-state index in [2.05, 4.69) is 15.1 Å². The Balaban J connectivity index is 2.07. The molecule has 0 unspecified atom stereocenters. The number of rotatable bonds is 4. The Labute approximate surface area is 157 Å². The molecule has 0 radical (unpaired) electrons. The zero-order chi connectivity index (χ0) is 19.8. The number of H-pyrrole nitrogens is 1. The molecule has 9 heteroatoms. The van der Waals surface area contributed by atoms with Crippen LogP contribution in [0, 0.1) is 0 Å². The number of nitrogens with two attached hydrogens (primary N) is 1. The molecular formula is C18H21N5O3S. The van der Waals surface area contributed by atoms with Crippen molar-refractivity contribution in [2.45, 2.75) is 37.5 Å². The molecule has 3 aromatic rings. The fraction of sp³-hybridized carbons (Fsp3) is 0.278. The normalized spacial score (nSPS) is 12.3. The number of aromatic amines is 1. The number of sulfonamides is 1. The van der Waals surface area contributed by atoms with E-state index in [1.54, 1.807) is 18.6 Å². The molecule has 8 nitrogen and oxygen atoms in total. The summed E-state index contributed by atoms with van der Waals surface area (Å²) in [7, 11) is -3.93. The third-order valence-electron chi connectivity index (χ3n) is 4.05. The van der Waals surface area contributed by atoms with E-state index >= 15 is 0 Å². The molecule has 0 atom stereocenters.